The van der Waals surface area contributed by atoms with E-state index in [2.05, 4.69) is 0 Å². The number of amides is 1. The quantitative estimate of drug-likeness (QED) is 0.356. The Kier molecular flexibility index (Phi) is 8.54. The van der Waals surface area contributed by atoms with E-state index in [4.69, 9.17) is 29.9 Å². The van der Waals surface area contributed by atoms with Gasteiger partial charge >= 0.3 is 0 Å². The van der Waals surface area contributed by atoms with Crippen molar-refractivity contribution in [3.63, 3.8) is 0 Å². The molecule has 1 amide bonds. The number of hydrogen-bond donors (Lipinski definition) is 1. The zero-order chi connectivity index (χ0) is 21.1. The van der Waals surface area contributed by atoms with Crippen molar-refractivity contribution in [2.45, 2.75) is 6.92 Å². The summed E-state index contributed by atoms with van der Waals surface area (Å²) < 4.78 is 22.1. The van der Waals surface area contributed by atoms with E-state index in [-0.39, 0.29) is 5.57 Å². The van der Waals surface area contributed by atoms with Gasteiger partial charge < -0.3 is 24.7 Å². The number of ether oxygens (including phenoxy) is 4. The van der Waals surface area contributed by atoms with E-state index in [1.54, 1.807) is 24.3 Å². The van der Waals surface area contributed by atoms with Gasteiger partial charge in [-0.2, -0.15) is 5.26 Å². The molecule has 7 nitrogen and oxygen atoms in total. The molecule has 2 aromatic carbocycles. The number of nitrogens with two attached hydrogens (primary N) is 1. The summed E-state index contributed by atoms with van der Waals surface area (Å²) in [6, 6.07) is 14.7. The van der Waals surface area contributed by atoms with Gasteiger partial charge in [-0.25, -0.2) is 0 Å². The summed E-state index contributed by atoms with van der Waals surface area (Å²) in [4.78, 5) is 11.2. The highest BCUT2D eigenvalue weighted by molar-refractivity contribution is 6.00. The van der Waals surface area contributed by atoms with Crippen LogP contribution in [0.15, 0.2) is 48.0 Å². The lowest BCUT2D eigenvalue weighted by Crippen LogP contribution is -2.12. The zero-order valence-electron chi connectivity index (χ0n) is 16.5. The molecule has 29 heavy (non-hydrogen) atoms. The van der Waals surface area contributed by atoms with Gasteiger partial charge in [0, 0.05) is 0 Å². The van der Waals surface area contributed by atoms with Gasteiger partial charge in [-0.15, -0.1) is 0 Å². The predicted octanol–water partition coefficient (Wildman–Crippen LogP) is 2.87. The average molecular weight is 396 g/mol. The van der Waals surface area contributed by atoms with E-state index in [1.165, 1.54) is 18.7 Å². The van der Waals surface area contributed by atoms with Gasteiger partial charge in [-0.05, 0) is 42.8 Å². The molecule has 2 N–H and O–H groups in total. The fraction of sp³-hybridized carbons (Fsp3) is 0.273. The van der Waals surface area contributed by atoms with Crippen LogP contribution in [-0.4, -0.2) is 39.4 Å². The SMILES string of the molecule is COc1cc(C=C(C#N)C(N)=O)ccc1OCCOCCOc1ccc(C)cc1. The number of rotatable bonds is 11. The number of hydrogen-bond acceptors (Lipinski definition) is 6. The Bertz CT molecular complexity index is 885. The van der Waals surface area contributed by atoms with E-state index < -0.39 is 5.91 Å². The first-order valence-corrected chi connectivity index (χ1v) is 9.03. The summed E-state index contributed by atoms with van der Waals surface area (Å²) >= 11 is 0. The van der Waals surface area contributed by atoms with Gasteiger partial charge in [-0.1, -0.05) is 23.8 Å². The summed E-state index contributed by atoms with van der Waals surface area (Å²) in [5.74, 6) is 1.03. The highest BCUT2D eigenvalue weighted by Crippen LogP contribution is 2.28. The van der Waals surface area contributed by atoms with Crippen molar-refractivity contribution in [1.82, 2.24) is 0 Å². The van der Waals surface area contributed by atoms with Gasteiger partial charge in [0.1, 0.15) is 30.6 Å². The van der Waals surface area contributed by atoms with Crippen molar-refractivity contribution in [3.8, 4) is 23.3 Å². The first kappa shape index (κ1) is 21.8. The second-order valence-electron chi connectivity index (χ2n) is 6.07. The van der Waals surface area contributed by atoms with Crippen molar-refractivity contribution < 1.29 is 23.7 Å². The molecule has 152 valence electrons. The van der Waals surface area contributed by atoms with E-state index in [1.807, 2.05) is 31.2 Å². The number of nitrogens with zero attached hydrogens (tertiary/aromatic N) is 1. The van der Waals surface area contributed by atoms with Crippen molar-refractivity contribution in [2.24, 2.45) is 5.73 Å². The van der Waals surface area contributed by atoms with Crippen LogP contribution >= 0.6 is 0 Å². The van der Waals surface area contributed by atoms with Crippen LogP contribution in [0.5, 0.6) is 17.2 Å². The Morgan fingerprint density at radius 2 is 1.72 bits per heavy atom. The monoisotopic (exact) mass is 396 g/mol. The fourth-order valence-electron chi connectivity index (χ4n) is 2.38. The third-order valence-electron chi connectivity index (χ3n) is 3.89. The van der Waals surface area contributed by atoms with Gasteiger partial charge in [-0.3, -0.25) is 4.79 Å². The van der Waals surface area contributed by atoms with E-state index in [0.717, 1.165) is 5.75 Å². The van der Waals surface area contributed by atoms with E-state index in [0.29, 0.717) is 43.5 Å². The summed E-state index contributed by atoms with van der Waals surface area (Å²) in [6.07, 6.45) is 1.39. The molecule has 0 bridgehead atoms. The highest BCUT2D eigenvalue weighted by Gasteiger charge is 2.08. The van der Waals surface area contributed by atoms with Crippen molar-refractivity contribution in [3.05, 3.63) is 59.2 Å². The van der Waals surface area contributed by atoms with Crippen molar-refractivity contribution in [2.75, 3.05) is 33.5 Å². The molecule has 0 aliphatic heterocycles. The maximum atomic E-state index is 11.2. The standard InChI is InChI=1S/C22H24N2O5/c1-16-3-6-19(7-4-16)28-11-9-27-10-12-29-20-8-5-17(14-21(20)26-2)13-18(15-23)22(24)25/h3-8,13-14H,9-12H2,1-2H3,(H2,24,25). The predicted molar refractivity (Wildman–Crippen MR) is 109 cm³/mol. The molecule has 0 fully saturated rings. The number of benzene rings is 2. The second-order valence-corrected chi connectivity index (χ2v) is 6.07. The molecule has 2 aromatic rings. The van der Waals surface area contributed by atoms with Crippen LogP contribution < -0.4 is 19.9 Å². The second kappa shape index (κ2) is 11.4. The van der Waals surface area contributed by atoms with E-state index in [9.17, 15) is 4.79 Å². The number of aryl methyl sites for hydroxylation is 1. The summed E-state index contributed by atoms with van der Waals surface area (Å²) in [6.45, 7) is 3.65. The van der Waals surface area contributed by atoms with Crippen LogP contribution in [0.1, 0.15) is 11.1 Å². The third kappa shape index (κ3) is 7.20. The van der Waals surface area contributed by atoms with Gasteiger partial charge in [0.15, 0.2) is 11.5 Å². The first-order chi connectivity index (χ1) is 14.0. The zero-order valence-corrected chi connectivity index (χ0v) is 16.5. The van der Waals surface area contributed by atoms with Crippen LogP contribution in [0.3, 0.4) is 0 Å². The van der Waals surface area contributed by atoms with Gasteiger partial charge in [0.25, 0.3) is 5.91 Å². The minimum Gasteiger partial charge on any atom is -0.493 e. The third-order valence-corrected chi connectivity index (χ3v) is 3.89. The molecule has 0 saturated heterocycles. The molecule has 0 aliphatic carbocycles. The summed E-state index contributed by atoms with van der Waals surface area (Å²) in [5.41, 5.74) is 6.79. The molecule has 7 heteroatoms. The maximum Gasteiger partial charge on any atom is 0.259 e. The van der Waals surface area contributed by atoms with E-state index >= 15 is 0 Å². The van der Waals surface area contributed by atoms with Crippen LogP contribution in [-0.2, 0) is 9.53 Å². The number of carbonyl (C=O) groups excluding carboxylic acids is 1. The molecule has 2 rings (SSSR count). The molecule has 0 atom stereocenters. The normalized spacial score (nSPS) is 10.9. The Hall–Kier alpha value is -3.50. The Morgan fingerprint density at radius 1 is 1.03 bits per heavy atom. The molecule has 0 heterocycles. The van der Waals surface area contributed by atoms with Crippen LogP contribution in [0.4, 0.5) is 0 Å². The summed E-state index contributed by atoms with van der Waals surface area (Å²) in [7, 11) is 1.51. The first-order valence-electron chi connectivity index (χ1n) is 9.03. The Morgan fingerprint density at radius 3 is 2.34 bits per heavy atom. The number of nitriles is 1. The number of methoxy groups -OCH3 is 1. The lowest BCUT2D eigenvalue weighted by molar-refractivity contribution is -0.114. The van der Waals surface area contributed by atoms with Crippen molar-refractivity contribution in [1.29, 1.82) is 5.26 Å². The molecule has 0 saturated carbocycles. The molecule has 0 radical (unpaired) electrons. The van der Waals surface area contributed by atoms with Crippen LogP contribution in [0.25, 0.3) is 6.08 Å². The smallest absolute Gasteiger partial charge is 0.259 e. The van der Waals surface area contributed by atoms with Gasteiger partial charge in [0.2, 0.25) is 0 Å². The van der Waals surface area contributed by atoms with Crippen molar-refractivity contribution >= 4 is 12.0 Å². The number of carbonyl (C=O) groups is 1. The molecule has 0 aliphatic rings. The van der Waals surface area contributed by atoms with Crippen LogP contribution in [0, 0.1) is 18.3 Å². The number of primary amides is 1. The molecule has 0 aromatic heterocycles. The lowest BCUT2D eigenvalue weighted by Gasteiger charge is -2.12. The topological polar surface area (TPSA) is 104 Å². The lowest BCUT2D eigenvalue weighted by atomic mass is 10.1. The minimum atomic E-state index is -0.782. The molecular weight excluding hydrogens is 372 g/mol. The average Bonchev–Trinajstić information content (AvgIpc) is 2.72. The van der Waals surface area contributed by atoms with Crippen LogP contribution in [0.2, 0.25) is 0 Å². The maximum absolute atomic E-state index is 11.2. The highest BCUT2D eigenvalue weighted by atomic mass is 16.6. The largest absolute Gasteiger partial charge is 0.493 e. The Balaban J connectivity index is 1.76. The fourth-order valence-corrected chi connectivity index (χ4v) is 2.38. The molecule has 0 unspecified atom stereocenters. The van der Waals surface area contributed by atoms with Gasteiger partial charge in [0.05, 0.1) is 20.3 Å². The molecular formula is C22H24N2O5. The Labute approximate surface area is 170 Å². The molecule has 0 spiro atoms. The summed E-state index contributed by atoms with van der Waals surface area (Å²) in [5, 5.41) is 8.92. The minimum absolute atomic E-state index is 0.137.